The molecule has 0 amide bonds. The van der Waals surface area contributed by atoms with Gasteiger partial charge in [0.05, 0.1) is 12.3 Å². The van der Waals surface area contributed by atoms with Crippen molar-refractivity contribution >= 4 is 17.1 Å². The third-order valence-electron chi connectivity index (χ3n) is 5.12. The van der Waals surface area contributed by atoms with Crippen molar-refractivity contribution in [2.45, 2.75) is 40.7 Å². The van der Waals surface area contributed by atoms with E-state index < -0.39 is 0 Å². The first-order valence-electron chi connectivity index (χ1n) is 10.1. The maximum absolute atomic E-state index is 6.38. The van der Waals surface area contributed by atoms with Crippen LogP contribution in [0.5, 0.6) is 11.5 Å². The number of aliphatic imine (C=N–C) groups is 1. The van der Waals surface area contributed by atoms with Gasteiger partial charge in [0.15, 0.2) is 17.6 Å². The highest BCUT2D eigenvalue weighted by molar-refractivity contribution is 6.05. The molecule has 2 aliphatic rings. The molecule has 5 nitrogen and oxygen atoms in total. The minimum atomic E-state index is -0.153. The zero-order valence-electron chi connectivity index (χ0n) is 17.2. The standard InChI is InChI=1S/C22H31N3O2/c1-6-24(7-2)16-11-12-18-19(13-16)27-21-15-17(25(8-3)9-4)14-20(26-10-5)22(21)23-18/h11-15,19H,6-10H2,1-5H3. The molecule has 0 bridgehead atoms. The molecule has 1 aromatic rings. The maximum atomic E-state index is 6.38. The molecule has 27 heavy (non-hydrogen) atoms. The molecule has 0 saturated carbocycles. The normalized spacial score (nSPS) is 17.3. The molecule has 146 valence electrons. The number of likely N-dealkylation sites (N-methyl/N-ethyl adjacent to an activating group) is 1. The van der Waals surface area contributed by atoms with Gasteiger partial charge in [-0.05, 0) is 52.8 Å². The van der Waals surface area contributed by atoms with E-state index in [1.807, 2.05) is 6.92 Å². The third kappa shape index (κ3) is 3.82. The van der Waals surface area contributed by atoms with Crippen molar-refractivity contribution in [1.29, 1.82) is 0 Å². The van der Waals surface area contributed by atoms with Gasteiger partial charge in [0, 0.05) is 49.7 Å². The van der Waals surface area contributed by atoms with Crippen LogP contribution < -0.4 is 14.4 Å². The Balaban J connectivity index is 2.00. The summed E-state index contributed by atoms with van der Waals surface area (Å²) in [4.78, 5) is 9.50. The Hall–Kier alpha value is -2.43. The van der Waals surface area contributed by atoms with Crippen LogP contribution in [0, 0.1) is 0 Å². The molecular weight excluding hydrogens is 338 g/mol. The molecule has 1 unspecified atom stereocenters. The van der Waals surface area contributed by atoms with E-state index in [0.29, 0.717) is 6.61 Å². The molecule has 1 heterocycles. The maximum Gasteiger partial charge on any atom is 0.161 e. The Kier molecular flexibility index (Phi) is 6.09. The minimum absolute atomic E-state index is 0.153. The van der Waals surface area contributed by atoms with Gasteiger partial charge in [0.1, 0.15) is 5.69 Å². The first-order chi connectivity index (χ1) is 13.1. The number of rotatable bonds is 8. The second kappa shape index (κ2) is 8.51. The van der Waals surface area contributed by atoms with E-state index >= 15 is 0 Å². The van der Waals surface area contributed by atoms with E-state index in [-0.39, 0.29) is 6.10 Å². The second-order valence-corrected chi connectivity index (χ2v) is 6.57. The predicted octanol–water partition coefficient (Wildman–Crippen LogP) is 4.56. The summed E-state index contributed by atoms with van der Waals surface area (Å²) in [6.07, 6.45) is 6.20. The Morgan fingerprint density at radius 1 is 0.963 bits per heavy atom. The number of hydrogen-bond acceptors (Lipinski definition) is 5. The van der Waals surface area contributed by atoms with Crippen molar-refractivity contribution in [3.63, 3.8) is 0 Å². The number of benzene rings is 1. The summed E-state index contributed by atoms with van der Waals surface area (Å²) < 4.78 is 12.3. The van der Waals surface area contributed by atoms with E-state index in [9.17, 15) is 0 Å². The van der Waals surface area contributed by atoms with Crippen LogP contribution in [0.1, 0.15) is 34.6 Å². The molecular formula is C22H31N3O2. The summed E-state index contributed by atoms with van der Waals surface area (Å²) in [5, 5.41) is 0. The molecule has 0 fully saturated rings. The zero-order valence-corrected chi connectivity index (χ0v) is 17.2. The molecule has 0 N–H and O–H groups in total. The molecule has 1 aliphatic carbocycles. The van der Waals surface area contributed by atoms with E-state index in [4.69, 9.17) is 14.5 Å². The lowest BCUT2D eigenvalue weighted by Crippen LogP contribution is -2.32. The molecule has 0 spiro atoms. The van der Waals surface area contributed by atoms with Crippen LogP contribution in [0.4, 0.5) is 11.4 Å². The minimum Gasteiger partial charge on any atom is -0.491 e. The summed E-state index contributed by atoms with van der Waals surface area (Å²) >= 11 is 0. The van der Waals surface area contributed by atoms with Crippen molar-refractivity contribution in [3.8, 4) is 11.5 Å². The highest BCUT2D eigenvalue weighted by Gasteiger charge is 2.28. The third-order valence-corrected chi connectivity index (χ3v) is 5.12. The van der Waals surface area contributed by atoms with Crippen LogP contribution in [0.3, 0.4) is 0 Å². The largest absolute Gasteiger partial charge is 0.491 e. The smallest absolute Gasteiger partial charge is 0.161 e. The lowest BCUT2D eigenvalue weighted by atomic mass is 10.0. The van der Waals surface area contributed by atoms with Gasteiger partial charge in [-0.3, -0.25) is 0 Å². The molecule has 0 aromatic heterocycles. The van der Waals surface area contributed by atoms with Crippen molar-refractivity contribution < 1.29 is 9.47 Å². The number of ether oxygens (including phenoxy) is 2. The van der Waals surface area contributed by atoms with Crippen LogP contribution in [-0.2, 0) is 0 Å². The van der Waals surface area contributed by atoms with E-state index in [2.05, 4.69) is 67.9 Å². The molecule has 1 aromatic carbocycles. The number of hydrogen-bond donors (Lipinski definition) is 0. The lowest BCUT2D eigenvalue weighted by molar-refractivity contribution is 0.294. The summed E-state index contributed by atoms with van der Waals surface area (Å²) in [6.45, 7) is 15.1. The molecule has 0 radical (unpaired) electrons. The topological polar surface area (TPSA) is 37.3 Å². The molecule has 1 aliphatic heterocycles. The van der Waals surface area contributed by atoms with Gasteiger partial charge in [-0.1, -0.05) is 0 Å². The van der Waals surface area contributed by atoms with Crippen molar-refractivity contribution in [2.24, 2.45) is 4.99 Å². The fourth-order valence-corrected chi connectivity index (χ4v) is 3.63. The van der Waals surface area contributed by atoms with Gasteiger partial charge < -0.3 is 19.3 Å². The quantitative estimate of drug-likeness (QED) is 0.673. The average Bonchev–Trinajstić information content (AvgIpc) is 2.69. The molecule has 1 atom stereocenters. The fourth-order valence-electron chi connectivity index (χ4n) is 3.63. The highest BCUT2D eigenvalue weighted by Crippen LogP contribution is 2.45. The van der Waals surface area contributed by atoms with Crippen LogP contribution in [-0.4, -0.2) is 49.5 Å². The van der Waals surface area contributed by atoms with Crippen LogP contribution in [0.2, 0.25) is 0 Å². The van der Waals surface area contributed by atoms with Gasteiger partial charge in [0.2, 0.25) is 0 Å². The molecule has 3 rings (SSSR count). The zero-order chi connectivity index (χ0) is 19.4. The Labute approximate surface area is 163 Å². The Morgan fingerprint density at radius 3 is 2.30 bits per heavy atom. The van der Waals surface area contributed by atoms with Crippen molar-refractivity contribution in [3.05, 3.63) is 36.1 Å². The van der Waals surface area contributed by atoms with E-state index in [1.165, 1.54) is 5.70 Å². The van der Waals surface area contributed by atoms with E-state index in [0.717, 1.165) is 54.8 Å². The van der Waals surface area contributed by atoms with Gasteiger partial charge in [-0.25, -0.2) is 4.99 Å². The Bertz CT molecular complexity index is 759. The van der Waals surface area contributed by atoms with Crippen LogP contribution >= 0.6 is 0 Å². The predicted molar refractivity (Wildman–Crippen MR) is 113 cm³/mol. The monoisotopic (exact) mass is 369 g/mol. The van der Waals surface area contributed by atoms with Crippen molar-refractivity contribution in [1.82, 2.24) is 4.90 Å². The number of allylic oxidation sites excluding steroid dienone is 1. The number of nitrogens with zero attached hydrogens (tertiary/aromatic N) is 3. The Morgan fingerprint density at radius 2 is 1.67 bits per heavy atom. The van der Waals surface area contributed by atoms with Gasteiger partial charge >= 0.3 is 0 Å². The lowest BCUT2D eigenvalue weighted by Gasteiger charge is -2.31. The molecule has 0 saturated heterocycles. The second-order valence-electron chi connectivity index (χ2n) is 6.57. The van der Waals surface area contributed by atoms with Crippen LogP contribution in [0.15, 0.2) is 41.1 Å². The summed E-state index contributed by atoms with van der Waals surface area (Å²) in [6, 6.07) is 4.17. The fraction of sp³-hybridized carbons (Fsp3) is 0.500. The highest BCUT2D eigenvalue weighted by atomic mass is 16.5. The van der Waals surface area contributed by atoms with Crippen molar-refractivity contribution in [2.75, 3.05) is 37.7 Å². The first kappa shape index (κ1) is 19.3. The van der Waals surface area contributed by atoms with E-state index in [1.54, 1.807) is 0 Å². The summed E-state index contributed by atoms with van der Waals surface area (Å²) in [7, 11) is 0. The SMILES string of the molecule is CCOc1cc(N(CC)CC)cc2c1N=C1C=CC(N(CC)CC)=CC1O2. The van der Waals surface area contributed by atoms with Gasteiger partial charge in [0.25, 0.3) is 0 Å². The average molecular weight is 370 g/mol. The molecule has 5 heteroatoms. The number of anilines is 1. The van der Waals surface area contributed by atoms with Gasteiger partial charge in [-0.15, -0.1) is 0 Å². The van der Waals surface area contributed by atoms with Gasteiger partial charge in [-0.2, -0.15) is 0 Å². The van der Waals surface area contributed by atoms with Crippen LogP contribution in [0.25, 0.3) is 0 Å². The first-order valence-corrected chi connectivity index (χ1v) is 10.1. The summed E-state index contributed by atoms with van der Waals surface area (Å²) in [5.74, 6) is 1.58. The summed E-state index contributed by atoms with van der Waals surface area (Å²) in [5.41, 5.74) is 4.02. The number of fused-ring (bicyclic) bond motifs is 2.